The Balaban J connectivity index is 1.93. The average Bonchev–Trinajstić information content (AvgIpc) is 3.15. The second-order valence-corrected chi connectivity index (χ2v) is 8.63. The van der Waals surface area contributed by atoms with Gasteiger partial charge in [0.1, 0.15) is 4.90 Å². The van der Waals surface area contributed by atoms with Gasteiger partial charge in [0.25, 0.3) is 10.0 Å². The van der Waals surface area contributed by atoms with Crippen molar-refractivity contribution in [3.05, 3.63) is 22.6 Å². The molecule has 2 heterocycles. The minimum Gasteiger partial charge on any atom is -0.337 e. The van der Waals surface area contributed by atoms with E-state index in [9.17, 15) is 8.42 Å². The largest absolute Gasteiger partial charge is 0.337 e. The van der Waals surface area contributed by atoms with E-state index in [4.69, 9.17) is 4.52 Å². The van der Waals surface area contributed by atoms with E-state index in [2.05, 4.69) is 15.0 Å². The lowest BCUT2D eigenvalue weighted by atomic mass is 9.86. The Kier molecular flexibility index (Phi) is 5.41. The van der Waals surface area contributed by atoms with Gasteiger partial charge >= 0.3 is 0 Å². The molecule has 0 amide bonds. The van der Waals surface area contributed by atoms with Gasteiger partial charge in [0.15, 0.2) is 0 Å². The lowest BCUT2D eigenvalue weighted by Crippen LogP contribution is -2.16. The van der Waals surface area contributed by atoms with Crippen molar-refractivity contribution in [1.29, 1.82) is 0 Å². The van der Waals surface area contributed by atoms with Gasteiger partial charge in [-0.15, -0.1) is 0 Å². The Hall–Kier alpha value is -1.83. The highest BCUT2D eigenvalue weighted by molar-refractivity contribution is 7.92. The maximum Gasteiger partial charge on any atom is 0.267 e. The molecule has 0 aliphatic heterocycles. The quantitative estimate of drug-likeness (QED) is 0.825. The molecular weight excluding hydrogens is 352 g/mol. The van der Waals surface area contributed by atoms with Crippen molar-refractivity contribution in [3.8, 4) is 0 Å². The van der Waals surface area contributed by atoms with Gasteiger partial charge in [0.2, 0.25) is 5.88 Å². The van der Waals surface area contributed by atoms with Crippen LogP contribution in [0.2, 0.25) is 0 Å². The monoisotopic (exact) mass is 380 g/mol. The third-order valence-electron chi connectivity index (χ3n) is 5.30. The predicted molar refractivity (Wildman–Crippen MR) is 99.8 cm³/mol. The van der Waals surface area contributed by atoms with Gasteiger partial charge < -0.3 is 4.52 Å². The topological polar surface area (TPSA) is 90.0 Å². The first kappa shape index (κ1) is 18.9. The Morgan fingerprint density at radius 2 is 1.88 bits per heavy atom. The van der Waals surface area contributed by atoms with Gasteiger partial charge in [-0.3, -0.25) is 4.68 Å². The third-order valence-corrected chi connectivity index (χ3v) is 6.77. The molecule has 0 radical (unpaired) electrons. The summed E-state index contributed by atoms with van der Waals surface area (Å²) in [5.74, 6) is 0.583. The molecule has 1 N–H and O–H groups in total. The molecule has 1 saturated carbocycles. The van der Waals surface area contributed by atoms with Crippen LogP contribution in [0.15, 0.2) is 9.42 Å². The van der Waals surface area contributed by atoms with Gasteiger partial charge in [-0.25, -0.2) is 13.1 Å². The number of hydrogen-bond donors (Lipinski definition) is 1. The summed E-state index contributed by atoms with van der Waals surface area (Å²) in [6, 6.07) is 0. The van der Waals surface area contributed by atoms with Gasteiger partial charge in [0, 0.05) is 18.5 Å². The molecule has 2 aromatic rings. The number of aryl methyl sites for hydroxylation is 2. The summed E-state index contributed by atoms with van der Waals surface area (Å²) in [6.07, 6.45) is 6.94. The lowest BCUT2D eigenvalue weighted by molar-refractivity contribution is 0.387. The zero-order chi connectivity index (χ0) is 18.9. The number of aromatic nitrogens is 3. The van der Waals surface area contributed by atoms with Crippen LogP contribution in [0.5, 0.6) is 0 Å². The molecule has 0 aromatic carbocycles. The molecule has 8 heteroatoms. The van der Waals surface area contributed by atoms with E-state index in [0.717, 1.165) is 24.1 Å². The van der Waals surface area contributed by atoms with Crippen molar-refractivity contribution in [1.82, 2.24) is 14.9 Å². The molecule has 1 fully saturated rings. The van der Waals surface area contributed by atoms with Crippen LogP contribution in [0, 0.1) is 6.92 Å². The fourth-order valence-corrected chi connectivity index (χ4v) is 5.52. The molecule has 1 aliphatic carbocycles. The summed E-state index contributed by atoms with van der Waals surface area (Å²) in [6.45, 7) is 5.71. The Morgan fingerprint density at radius 3 is 2.50 bits per heavy atom. The summed E-state index contributed by atoms with van der Waals surface area (Å²) in [4.78, 5) is 0.264. The normalized spacial score (nSPS) is 16.2. The highest BCUT2D eigenvalue weighted by Gasteiger charge is 2.30. The highest BCUT2D eigenvalue weighted by atomic mass is 32.2. The van der Waals surface area contributed by atoms with Crippen LogP contribution in [-0.4, -0.2) is 23.4 Å². The van der Waals surface area contributed by atoms with Gasteiger partial charge in [-0.2, -0.15) is 5.10 Å². The van der Waals surface area contributed by atoms with E-state index >= 15 is 0 Å². The number of nitrogens with one attached hydrogen (secondary N) is 1. The molecule has 0 unspecified atom stereocenters. The zero-order valence-corrected chi connectivity index (χ0v) is 16.8. The second-order valence-electron chi connectivity index (χ2n) is 7.02. The van der Waals surface area contributed by atoms with Crippen molar-refractivity contribution in [3.63, 3.8) is 0 Å². The number of anilines is 1. The van der Waals surface area contributed by atoms with Crippen LogP contribution >= 0.6 is 0 Å². The van der Waals surface area contributed by atoms with Gasteiger partial charge in [0.05, 0.1) is 17.1 Å². The van der Waals surface area contributed by atoms with Crippen LogP contribution in [-0.2, 0) is 29.9 Å². The second kappa shape index (κ2) is 7.42. The van der Waals surface area contributed by atoms with E-state index in [1.165, 1.54) is 19.3 Å². The minimum atomic E-state index is -3.78. The van der Waals surface area contributed by atoms with Crippen LogP contribution in [0.3, 0.4) is 0 Å². The van der Waals surface area contributed by atoms with E-state index in [-0.39, 0.29) is 10.8 Å². The summed E-state index contributed by atoms with van der Waals surface area (Å²) in [7, 11) is -2.01. The van der Waals surface area contributed by atoms with Crippen molar-refractivity contribution in [2.75, 3.05) is 4.72 Å². The molecule has 7 nitrogen and oxygen atoms in total. The Bertz CT molecular complexity index is 877. The van der Waals surface area contributed by atoms with Crippen LogP contribution < -0.4 is 4.72 Å². The SMILES string of the molecule is CCc1nn(C)c(CC)c1S(=O)(=O)Nc1onc(C2CCCCC2)c1C. The molecule has 2 aromatic heterocycles. The van der Waals surface area contributed by atoms with Crippen molar-refractivity contribution >= 4 is 15.9 Å². The summed E-state index contributed by atoms with van der Waals surface area (Å²) < 4.78 is 35.8. The van der Waals surface area contributed by atoms with E-state index in [1.807, 2.05) is 20.8 Å². The first-order valence-corrected chi connectivity index (χ1v) is 10.9. The molecular formula is C18H28N4O3S. The maximum absolute atomic E-state index is 13.1. The smallest absolute Gasteiger partial charge is 0.267 e. The number of hydrogen-bond acceptors (Lipinski definition) is 5. The van der Waals surface area contributed by atoms with E-state index in [0.29, 0.717) is 30.1 Å². The van der Waals surface area contributed by atoms with Gasteiger partial charge in [-0.1, -0.05) is 38.3 Å². The van der Waals surface area contributed by atoms with Crippen LogP contribution in [0.25, 0.3) is 0 Å². The van der Waals surface area contributed by atoms with Crippen molar-refractivity contribution < 1.29 is 12.9 Å². The number of rotatable bonds is 6. The summed E-state index contributed by atoms with van der Waals surface area (Å²) >= 11 is 0. The minimum absolute atomic E-state index is 0.221. The molecule has 1 aliphatic rings. The first-order chi connectivity index (χ1) is 12.4. The summed E-state index contributed by atoms with van der Waals surface area (Å²) in [5, 5.41) is 8.54. The fourth-order valence-electron chi connectivity index (χ4n) is 3.90. The number of sulfonamides is 1. The zero-order valence-electron chi connectivity index (χ0n) is 16.0. The molecule has 3 rings (SSSR count). The molecule has 0 spiro atoms. The molecule has 26 heavy (non-hydrogen) atoms. The molecule has 0 bridgehead atoms. The van der Waals surface area contributed by atoms with Crippen LogP contribution in [0.1, 0.15) is 74.5 Å². The van der Waals surface area contributed by atoms with E-state index < -0.39 is 10.0 Å². The van der Waals surface area contributed by atoms with Crippen molar-refractivity contribution in [2.24, 2.45) is 7.05 Å². The average molecular weight is 381 g/mol. The van der Waals surface area contributed by atoms with Crippen LogP contribution in [0.4, 0.5) is 5.88 Å². The summed E-state index contributed by atoms with van der Waals surface area (Å²) in [5.41, 5.74) is 2.95. The highest BCUT2D eigenvalue weighted by Crippen LogP contribution is 2.36. The standard InChI is InChI=1S/C18H28N4O3S/c1-5-14-17(15(6-2)22(4)19-14)26(23,24)21-18-12(3)16(20-25-18)13-10-8-7-9-11-13/h13,21H,5-11H2,1-4H3. The Morgan fingerprint density at radius 1 is 1.19 bits per heavy atom. The maximum atomic E-state index is 13.1. The van der Waals surface area contributed by atoms with E-state index in [1.54, 1.807) is 11.7 Å². The predicted octanol–water partition coefficient (Wildman–Crippen LogP) is 3.69. The Labute approximate surface area is 155 Å². The van der Waals surface area contributed by atoms with Gasteiger partial charge in [-0.05, 0) is 32.6 Å². The molecule has 144 valence electrons. The molecule has 0 atom stereocenters. The van der Waals surface area contributed by atoms with Crippen molar-refractivity contribution in [2.45, 2.75) is 76.5 Å². The number of nitrogens with zero attached hydrogens (tertiary/aromatic N) is 3. The lowest BCUT2D eigenvalue weighted by Gasteiger charge is -2.19. The third kappa shape index (κ3) is 3.39. The fraction of sp³-hybridized carbons (Fsp3) is 0.667. The molecule has 0 saturated heterocycles. The first-order valence-electron chi connectivity index (χ1n) is 9.42.